The highest BCUT2D eigenvalue weighted by Gasteiger charge is 2.13. The summed E-state index contributed by atoms with van der Waals surface area (Å²) in [6, 6.07) is 10.8. The Morgan fingerprint density at radius 3 is 2.74 bits per heavy atom. The molecule has 0 spiro atoms. The van der Waals surface area contributed by atoms with Crippen molar-refractivity contribution in [1.82, 2.24) is 14.8 Å². The van der Waals surface area contributed by atoms with Crippen LogP contribution in [-0.2, 0) is 4.74 Å². The maximum atomic E-state index is 14.1. The average Bonchev–Trinajstić information content (AvgIpc) is 2.94. The molecule has 1 aliphatic rings. The first-order valence-corrected chi connectivity index (χ1v) is 8.75. The van der Waals surface area contributed by atoms with Crippen LogP contribution in [0, 0.1) is 11.6 Å². The standard InChI is InChI=1S/C19H19F2N5O/c20-14-3-1-4-17(10-14)26-13-22-19(24-26)23-16-9-15(21)11-18(12-16)25-5-2-7-27-8-6-25/h1,3-4,9-13H,2,5-8H2,(H,23,24). The van der Waals surface area contributed by atoms with Crippen molar-refractivity contribution in [1.29, 1.82) is 0 Å². The molecule has 1 N–H and O–H groups in total. The van der Waals surface area contributed by atoms with Crippen LogP contribution in [0.15, 0.2) is 48.8 Å². The summed E-state index contributed by atoms with van der Waals surface area (Å²) in [6.07, 6.45) is 2.38. The van der Waals surface area contributed by atoms with Gasteiger partial charge in [-0.2, -0.15) is 4.98 Å². The van der Waals surface area contributed by atoms with E-state index in [-0.39, 0.29) is 11.6 Å². The van der Waals surface area contributed by atoms with Crippen molar-refractivity contribution in [3.05, 3.63) is 60.4 Å². The summed E-state index contributed by atoms with van der Waals surface area (Å²) in [5, 5.41) is 7.29. The number of nitrogens with zero attached hydrogens (tertiary/aromatic N) is 4. The lowest BCUT2D eigenvalue weighted by molar-refractivity contribution is 0.152. The van der Waals surface area contributed by atoms with Crippen LogP contribution < -0.4 is 10.2 Å². The van der Waals surface area contributed by atoms with E-state index < -0.39 is 0 Å². The molecule has 0 unspecified atom stereocenters. The Balaban J connectivity index is 1.54. The number of aromatic nitrogens is 3. The normalized spacial score (nSPS) is 14.8. The molecular weight excluding hydrogens is 352 g/mol. The van der Waals surface area contributed by atoms with E-state index in [1.807, 2.05) is 6.07 Å². The molecule has 27 heavy (non-hydrogen) atoms. The fraction of sp³-hybridized carbons (Fsp3) is 0.263. The van der Waals surface area contributed by atoms with E-state index in [2.05, 4.69) is 20.3 Å². The van der Waals surface area contributed by atoms with E-state index in [0.29, 0.717) is 23.9 Å². The highest BCUT2D eigenvalue weighted by molar-refractivity contribution is 5.62. The van der Waals surface area contributed by atoms with Crippen molar-refractivity contribution in [2.75, 3.05) is 36.5 Å². The number of hydrogen-bond donors (Lipinski definition) is 1. The highest BCUT2D eigenvalue weighted by atomic mass is 19.1. The quantitative estimate of drug-likeness (QED) is 0.761. The van der Waals surface area contributed by atoms with Crippen molar-refractivity contribution in [2.24, 2.45) is 0 Å². The SMILES string of the molecule is Fc1cc(Nc2ncn(-c3cccc(F)c3)n2)cc(N2CCCOCC2)c1. The largest absolute Gasteiger partial charge is 0.380 e. The Morgan fingerprint density at radius 2 is 1.85 bits per heavy atom. The third-order valence-corrected chi connectivity index (χ3v) is 4.29. The molecule has 2 heterocycles. The van der Waals surface area contributed by atoms with Gasteiger partial charge in [-0.25, -0.2) is 13.5 Å². The molecule has 1 aromatic heterocycles. The van der Waals surface area contributed by atoms with Gasteiger partial charge in [0.2, 0.25) is 5.95 Å². The Morgan fingerprint density at radius 1 is 0.963 bits per heavy atom. The summed E-state index contributed by atoms with van der Waals surface area (Å²) in [5.41, 5.74) is 1.89. The van der Waals surface area contributed by atoms with Crippen molar-refractivity contribution >= 4 is 17.3 Å². The Kier molecular flexibility index (Phi) is 4.97. The number of halogens is 2. The van der Waals surface area contributed by atoms with E-state index in [1.165, 1.54) is 35.3 Å². The summed E-state index contributed by atoms with van der Waals surface area (Å²) in [6.45, 7) is 2.88. The number of anilines is 3. The first kappa shape index (κ1) is 17.4. The topological polar surface area (TPSA) is 55.2 Å². The molecule has 0 atom stereocenters. The lowest BCUT2D eigenvalue weighted by atomic mass is 10.2. The van der Waals surface area contributed by atoms with Crippen LogP contribution in [0.4, 0.5) is 26.1 Å². The van der Waals surface area contributed by atoms with Crippen LogP contribution in [-0.4, -0.2) is 41.1 Å². The third kappa shape index (κ3) is 4.22. The monoisotopic (exact) mass is 371 g/mol. The molecule has 140 valence electrons. The van der Waals surface area contributed by atoms with Gasteiger partial charge in [0.05, 0.1) is 12.3 Å². The number of benzene rings is 2. The summed E-state index contributed by atoms with van der Waals surface area (Å²) >= 11 is 0. The van der Waals surface area contributed by atoms with Crippen LogP contribution in [0.25, 0.3) is 5.69 Å². The van der Waals surface area contributed by atoms with Crippen LogP contribution in [0.5, 0.6) is 0 Å². The zero-order valence-corrected chi connectivity index (χ0v) is 14.6. The second kappa shape index (κ2) is 7.71. The minimum absolute atomic E-state index is 0.301. The molecule has 8 heteroatoms. The lowest BCUT2D eigenvalue weighted by Gasteiger charge is -2.22. The molecule has 0 amide bonds. The molecule has 0 radical (unpaired) electrons. The van der Waals surface area contributed by atoms with Gasteiger partial charge in [-0.05, 0) is 42.8 Å². The van der Waals surface area contributed by atoms with E-state index in [0.717, 1.165) is 31.8 Å². The molecular formula is C19H19F2N5O. The van der Waals surface area contributed by atoms with Gasteiger partial charge in [-0.3, -0.25) is 0 Å². The molecule has 1 fully saturated rings. The van der Waals surface area contributed by atoms with Gasteiger partial charge in [-0.15, -0.1) is 5.10 Å². The first-order chi connectivity index (χ1) is 13.2. The van der Waals surface area contributed by atoms with Gasteiger partial charge in [0.1, 0.15) is 18.0 Å². The fourth-order valence-electron chi connectivity index (χ4n) is 3.03. The predicted octanol–water partition coefficient (Wildman–Crippen LogP) is 3.52. The van der Waals surface area contributed by atoms with E-state index in [1.54, 1.807) is 12.1 Å². The Bertz CT molecular complexity index is 922. The number of ether oxygens (including phenoxy) is 1. The second-order valence-corrected chi connectivity index (χ2v) is 6.27. The summed E-state index contributed by atoms with van der Waals surface area (Å²) in [7, 11) is 0. The van der Waals surface area contributed by atoms with E-state index in [9.17, 15) is 8.78 Å². The molecule has 0 bridgehead atoms. The van der Waals surface area contributed by atoms with Gasteiger partial charge in [0.25, 0.3) is 0 Å². The van der Waals surface area contributed by atoms with Crippen molar-refractivity contribution in [3.8, 4) is 5.69 Å². The van der Waals surface area contributed by atoms with Crippen LogP contribution in [0.1, 0.15) is 6.42 Å². The Hall–Kier alpha value is -3.00. The fourth-order valence-corrected chi connectivity index (χ4v) is 3.03. The first-order valence-electron chi connectivity index (χ1n) is 8.75. The lowest BCUT2D eigenvalue weighted by Crippen LogP contribution is -2.26. The molecule has 0 saturated carbocycles. The molecule has 2 aromatic carbocycles. The third-order valence-electron chi connectivity index (χ3n) is 4.29. The number of hydrogen-bond acceptors (Lipinski definition) is 5. The molecule has 3 aromatic rings. The maximum Gasteiger partial charge on any atom is 0.246 e. The second-order valence-electron chi connectivity index (χ2n) is 6.27. The molecule has 1 aliphatic heterocycles. The number of nitrogens with one attached hydrogen (secondary N) is 1. The summed E-state index contributed by atoms with van der Waals surface area (Å²) in [5.74, 6) is -0.395. The highest BCUT2D eigenvalue weighted by Crippen LogP contribution is 2.24. The zero-order valence-electron chi connectivity index (χ0n) is 14.6. The molecule has 4 rings (SSSR count). The zero-order chi connectivity index (χ0) is 18.6. The van der Waals surface area contributed by atoms with Crippen LogP contribution in [0.3, 0.4) is 0 Å². The van der Waals surface area contributed by atoms with Gasteiger partial charge in [-0.1, -0.05) is 6.07 Å². The van der Waals surface area contributed by atoms with E-state index in [4.69, 9.17) is 4.74 Å². The van der Waals surface area contributed by atoms with Crippen molar-refractivity contribution < 1.29 is 13.5 Å². The minimum atomic E-state index is -0.353. The predicted molar refractivity (Wildman–Crippen MR) is 98.6 cm³/mol. The molecule has 6 nitrogen and oxygen atoms in total. The summed E-state index contributed by atoms with van der Waals surface area (Å²) < 4.78 is 34.4. The van der Waals surface area contributed by atoms with Gasteiger partial charge < -0.3 is 15.0 Å². The van der Waals surface area contributed by atoms with Crippen molar-refractivity contribution in [2.45, 2.75) is 6.42 Å². The van der Waals surface area contributed by atoms with Gasteiger partial charge in [0.15, 0.2) is 0 Å². The minimum Gasteiger partial charge on any atom is -0.380 e. The number of rotatable bonds is 4. The smallest absolute Gasteiger partial charge is 0.246 e. The van der Waals surface area contributed by atoms with Gasteiger partial charge >= 0.3 is 0 Å². The molecule has 0 aliphatic carbocycles. The van der Waals surface area contributed by atoms with Gasteiger partial charge in [0, 0.05) is 31.1 Å². The van der Waals surface area contributed by atoms with Crippen molar-refractivity contribution in [3.63, 3.8) is 0 Å². The molecule has 1 saturated heterocycles. The van der Waals surface area contributed by atoms with E-state index >= 15 is 0 Å². The van der Waals surface area contributed by atoms with Crippen LogP contribution in [0.2, 0.25) is 0 Å². The maximum absolute atomic E-state index is 14.1. The van der Waals surface area contributed by atoms with Crippen LogP contribution >= 0.6 is 0 Å². The summed E-state index contributed by atoms with van der Waals surface area (Å²) in [4.78, 5) is 6.26. The average molecular weight is 371 g/mol. The Labute approximate surface area is 155 Å².